The Labute approximate surface area is 272 Å². The summed E-state index contributed by atoms with van der Waals surface area (Å²) < 4.78 is 10.7. The Balaban J connectivity index is 0.996. The van der Waals surface area contributed by atoms with Gasteiger partial charge in [0, 0.05) is 26.2 Å². The lowest BCUT2D eigenvalue weighted by Crippen LogP contribution is -2.03. The van der Waals surface area contributed by atoms with Crippen LogP contribution in [0.2, 0.25) is 0 Å². The van der Waals surface area contributed by atoms with Gasteiger partial charge < -0.3 is 13.9 Å². The van der Waals surface area contributed by atoms with Crippen LogP contribution in [0, 0.1) is 0 Å². The van der Waals surface area contributed by atoms with E-state index in [0.717, 1.165) is 70.1 Å². The number of aromatic nitrogens is 5. The van der Waals surface area contributed by atoms with Gasteiger partial charge in [-0.05, 0) is 81.4 Å². The lowest BCUT2D eigenvalue weighted by molar-refractivity contribution is 0.307. The molecular weight excluding hydrogens is 578 g/mol. The van der Waals surface area contributed by atoms with Gasteiger partial charge in [0.1, 0.15) is 17.1 Å². The summed E-state index contributed by atoms with van der Waals surface area (Å²) in [7, 11) is 4.07. The molecule has 3 heterocycles. The number of fused-ring (bicyclic) bond motifs is 2. The molecule has 9 rings (SSSR count). The molecule has 0 fully saturated rings. The number of unbranched alkanes of at least 4 members (excludes halogenated alkanes) is 1. The third kappa shape index (κ3) is 4.59. The maximum atomic E-state index is 6.46. The van der Waals surface area contributed by atoms with E-state index >= 15 is 0 Å². The molecule has 0 N–H and O–H groups in total. The van der Waals surface area contributed by atoms with Gasteiger partial charge in [-0.15, -0.1) is 0 Å². The lowest BCUT2D eigenvalue weighted by atomic mass is 9.91. The molecule has 6 aromatic carbocycles. The second kappa shape index (κ2) is 11.0. The monoisotopic (exact) mass is 611 g/mol. The molecule has 47 heavy (non-hydrogen) atoms. The van der Waals surface area contributed by atoms with Crippen molar-refractivity contribution in [2.75, 3.05) is 6.61 Å². The first-order chi connectivity index (χ1) is 23.1. The maximum absolute atomic E-state index is 6.46. The van der Waals surface area contributed by atoms with Crippen LogP contribution in [0.1, 0.15) is 18.4 Å². The fourth-order valence-corrected chi connectivity index (χ4v) is 7.19. The molecular formula is C41H33N5O. The van der Waals surface area contributed by atoms with Crippen molar-refractivity contribution in [1.82, 2.24) is 24.1 Å². The minimum atomic E-state index is 0.611. The van der Waals surface area contributed by atoms with Crippen molar-refractivity contribution < 1.29 is 4.74 Å². The number of benzene rings is 6. The molecule has 0 spiro atoms. The van der Waals surface area contributed by atoms with Crippen LogP contribution >= 0.6 is 0 Å². The minimum absolute atomic E-state index is 0.611. The third-order valence-electron chi connectivity index (χ3n) is 9.56. The topological polar surface area (TPSA) is 57.8 Å². The van der Waals surface area contributed by atoms with E-state index < -0.39 is 0 Å². The number of aryl methyl sites for hydroxylation is 3. The summed E-state index contributed by atoms with van der Waals surface area (Å²) in [6, 6.07) is 40.6. The van der Waals surface area contributed by atoms with Gasteiger partial charge in [-0.3, -0.25) is 0 Å². The Morgan fingerprint density at radius 2 is 1.13 bits per heavy atom. The van der Waals surface area contributed by atoms with Gasteiger partial charge in [-0.25, -0.2) is 15.0 Å². The van der Waals surface area contributed by atoms with E-state index in [9.17, 15) is 0 Å². The molecule has 0 saturated heterocycles. The van der Waals surface area contributed by atoms with E-state index in [1.807, 2.05) is 62.6 Å². The zero-order valence-corrected chi connectivity index (χ0v) is 26.4. The molecule has 0 saturated carbocycles. The number of nitrogens with zero attached hydrogens (tertiary/aromatic N) is 5. The normalized spacial score (nSPS) is 12.0. The van der Waals surface area contributed by atoms with Gasteiger partial charge in [-0.1, -0.05) is 78.9 Å². The molecule has 0 aliphatic heterocycles. The molecule has 228 valence electrons. The van der Waals surface area contributed by atoms with Crippen LogP contribution in [0.15, 0.2) is 115 Å². The van der Waals surface area contributed by atoms with Gasteiger partial charge in [-0.2, -0.15) is 0 Å². The van der Waals surface area contributed by atoms with Crippen molar-refractivity contribution in [2.24, 2.45) is 14.1 Å². The summed E-state index contributed by atoms with van der Waals surface area (Å²) in [5.41, 5.74) is 6.92. The summed E-state index contributed by atoms with van der Waals surface area (Å²) in [6.45, 7) is 0.611. The van der Waals surface area contributed by atoms with Crippen molar-refractivity contribution in [3.63, 3.8) is 0 Å². The second-order valence-corrected chi connectivity index (χ2v) is 12.4. The number of hydrogen-bond acceptors (Lipinski definition) is 4. The van der Waals surface area contributed by atoms with E-state index in [1.54, 1.807) is 0 Å². The largest absolute Gasteiger partial charge is 0.493 e. The fraction of sp³-hybridized carbons (Fsp3) is 0.146. The predicted molar refractivity (Wildman–Crippen MR) is 192 cm³/mol. The average Bonchev–Trinajstić information content (AvgIpc) is 3.63. The van der Waals surface area contributed by atoms with Crippen LogP contribution in [0.3, 0.4) is 0 Å². The van der Waals surface area contributed by atoms with Gasteiger partial charge in [0.05, 0.1) is 28.7 Å². The summed E-state index contributed by atoms with van der Waals surface area (Å²) in [4.78, 5) is 15.0. The molecule has 9 aromatic rings. The third-order valence-corrected chi connectivity index (χ3v) is 9.56. The quantitative estimate of drug-likeness (QED) is 0.127. The molecule has 3 aromatic heterocycles. The van der Waals surface area contributed by atoms with E-state index in [0.29, 0.717) is 6.61 Å². The lowest BCUT2D eigenvalue weighted by Gasteiger charge is -2.14. The van der Waals surface area contributed by atoms with E-state index in [4.69, 9.17) is 19.7 Å². The summed E-state index contributed by atoms with van der Waals surface area (Å²) in [6.07, 6.45) is 2.97. The molecule has 0 amide bonds. The number of pyridine rings is 1. The van der Waals surface area contributed by atoms with Gasteiger partial charge in [0.25, 0.3) is 0 Å². The van der Waals surface area contributed by atoms with Crippen LogP contribution in [0.5, 0.6) is 5.75 Å². The second-order valence-electron chi connectivity index (χ2n) is 12.4. The summed E-state index contributed by atoms with van der Waals surface area (Å²) in [5.74, 6) is 2.36. The van der Waals surface area contributed by atoms with E-state index in [2.05, 4.69) is 75.9 Å². The van der Waals surface area contributed by atoms with Crippen molar-refractivity contribution in [3.05, 3.63) is 121 Å². The molecule has 0 atom stereocenters. The van der Waals surface area contributed by atoms with Gasteiger partial charge >= 0.3 is 0 Å². The molecule has 6 nitrogen and oxygen atoms in total. The van der Waals surface area contributed by atoms with Gasteiger partial charge in [0.2, 0.25) is 0 Å². The molecule has 0 radical (unpaired) electrons. The first kappa shape index (κ1) is 27.6. The highest BCUT2D eigenvalue weighted by Gasteiger charge is 2.18. The Bertz CT molecular complexity index is 2480. The van der Waals surface area contributed by atoms with Crippen molar-refractivity contribution in [2.45, 2.75) is 19.3 Å². The van der Waals surface area contributed by atoms with Gasteiger partial charge in [0.15, 0.2) is 11.6 Å². The zero-order chi connectivity index (χ0) is 31.5. The molecule has 6 heteroatoms. The van der Waals surface area contributed by atoms with Crippen molar-refractivity contribution in [3.8, 4) is 28.8 Å². The highest BCUT2D eigenvalue weighted by atomic mass is 16.5. The summed E-state index contributed by atoms with van der Waals surface area (Å²) >= 11 is 0. The number of imidazole rings is 2. The highest BCUT2D eigenvalue weighted by Crippen LogP contribution is 2.36. The molecule has 0 aliphatic carbocycles. The zero-order valence-electron chi connectivity index (χ0n) is 26.4. The van der Waals surface area contributed by atoms with Crippen LogP contribution < -0.4 is 4.74 Å². The summed E-state index contributed by atoms with van der Waals surface area (Å²) in [5, 5.41) is 8.04. The van der Waals surface area contributed by atoms with Crippen LogP contribution in [-0.4, -0.2) is 30.7 Å². The first-order valence-corrected chi connectivity index (χ1v) is 16.3. The predicted octanol–water partition coefficient (Wildman–Crippen LogP) is 9.49. The Hall–Kier alpha value is -5.75. The number of hydrogen-bond donors (Lipinski definition) is 0. The van der Waals surface area contributed by atoms with Crippen LogP contribution in [0.25, 0.3) is 77.4 Å². The van der Waals surface area contributed by atoms with Crippen LogP contribution in [0.4, 0.5) is 0 Å². The molecule has 0 bridgehead atoms. The SMILES string of the molecule is Cn1c(-c2cc(OCCCCc3ccc4ccc5cccc6ccc3c4c56)cc(-c3nc4ccccc4n3C)n2)nc2ccccc21. The molecule has 0 unspecified atom stereocenters. The van der Waals surface area contributed by atoms with Crippen molar-refractivity contribution >= 4 is 54.4 Å². The maximum Gasteiger partial charge on any atom is 0.159 e. The Morgan fingerprint density at radius 3 is 1.77 bits per heavy atom. The number of para-hydroxylation sites is 4. The smallest absolute Gasteiger partial charge is 0.159 e. The van der Waals surface area contributed by atoms with E-state index in [1.165, 1.54) is 37.9 Å². The fourth-order valence-electron chi connectivity index (χ4n) is 7.19. The Kier molecular flexibility index (Phi) is 6.42. The number of rotatable bonds is 8. The van der Waals surface area contributed by atoms with E-state index in [-0.39, 0.29) is 0 Å². The Morgan fingerprint density at radius 1 is 0.553 bits per heavy atom. The highest BCUT2D eigenvalue weighted by molar-refractivity contribution is 6.23. The first-order valence-electron chi connectivity index (χ1n) is 16.3. The van der Waals surface area contributed by atoms with Crippen LogP contribution in [-0.2, 0) is 20.5 Å². The van der Waals surface area contributed by atoms with Crippen molar-refractivity contribution in [1.29, 1.82) is 0 Å². The minimum Gasteiger partial charge on any atom is -0.493 e. The standard InChI is InChI=1S/C41H33N5O/c1-45-36-15-5-3-13-32(36)43-40(45)34-24-30(25-35(42-34)41-44-33-14-4-6-16-37(33)46(41)2)47-23-8-7-10-26-17-18-29-20-19-27-11-9-12-28-21-22-31(26)39(29)38(27)28/h3-6,9,11-22,24-25H,7-8,10,23H2,1-2H3. The average molecular weight is 612 g/mol. The molecule has 0 aliphatic rings. The number of ether oxygens (including phenoxy) is 1.